The highest BCUT2D eigenvalue weighted by Gasteiger charge is 2.18. The lowest BCUT2D eigenvalue weighted by molar-refractivity contribution is 0.592. The van der Waals surface area contributed by atoms with Gasteiger partial charge in [0.2, 0.25) is 0 Å². The Bertz CT molecular complexity index is 504. The predicted octanol–water partition coefficient (Wildman–Crippen LogP) is 2.47. The zero-order valence-electron chi connectivity index (χ0n) is 8.98. The lowest BCUT2D eigenvalue weighted by Gasteiger charge is -2.15. The topological polar surface area (TPSA) is 51.8 Å². The largest absolute Gasteiger partial charge is 0.329 e. The van der Waals surface area contributed by atoms with Crippen molar-refractivity contribution in [3.63, 3.8) is 0 Å². The fourth-order valence-electron chi connectivity index (χ4n) is 1.69. The fourth-order valence-corrected chi connectivity index (χ4v) is 2.07. The minimum atomic E-state index is -0.283. The maximum absolute atomic E-state index is 13.8. The molecule has 0 spiro atoms. The Balaban J connectivity index is 2.46. The van der Waals surface area contributed by atoms with Crippen LogP contribution >= 0.6 is 15.9 Å². The Kier molecular flexibility index (Phi) is 3.81. The quantitative estimate of drug-likeness (QED) is 0.946. The van der Waals surface area contributed by atoms with Gasteiger partial charge in [-0.25, -0.2) is 4.39 Å². The van der Waals surface area contributed by atoms with E-state index in [0.29, 0.717) is 11.3 Å². The minimum Gasteiger partial charge on any atom is -0.329 e. The van der Waals surface area contributed by atoms with E-state index in [4.69, 9.17) is 5.73 Å². The van der Waals surface area contributed by atoms with Crippen molar-refractivity contribution in [1.82, 2.24) is 10.2 Å². The third-order valence-electron chi connectivity index (χ3n) is 2.52. The van der Waals surface area contributed by atoms with Crippen molar-refractivity contribution < 1.29 is 4.39 Å². The van der Waals surface area contributed by atoms with Gasteiger partial charge in [0.15, 0.2) is 0 Å². The summed E-state index contributed by atoms with van der Waals surface area (Å²) >= 11 is 3.32. The van der Waals surface area contributed by atoms with Crippen LogP contribution in [0, 0.1) is 5.82 Å². The smallest absolute Gasteiger partial charge is 0.127 e. The number of rotatable bonds is 3. The Labute approximate surface area is 107 Å². The zero-order valence-corrected chi connectivity index (χ0v) is 10.6. The predicted molar refractivity (Wildman–Crippen MR) is 67.0 cm³/mol. The summed E-state index contributed by atoms with van der Waals surface area (Å²) in [5, 5.41) is 7.78. The van der Waals surface area contributed by atoms with E-state index in [1.807, 2.05) is 0 Å². The maximum atomic E-state index is 13.8. The van der Waals surface area contributed by atoms with Crippen LogP contribution in [0.2, 0.25) is 0 Å². The molecule has 0 amide bonds. The summed E-state index contributed by atoms with van der Waals surface area (Å²) in [4.78, 5) is 0. The second-order valence-corrected chi connectivity index (χ2v) is 4.52. The van der Waals surface area contributed by atoms with E-state index in [1.54, 1.807) is 30.5 Å². The van der Waals surface area contributed by atoms with Gasteiger partial charge in [-0.1, -0.05) is 15.9 Å². The van der Waals surface area contributed by atoms with Gasteiger partial charge < -0.3 is 5.73 Å². The minimum absolute atomic E-state index is 0.277. The molecule has 0 bridgehead atoms. The van der Waals surface area contributed by atoms with E-state index in [2.05, 4.69) is 26.1 Å². The van der Waals surface area contributed by atoms with Crippen LogP contribution in [0.3, 0.4) is 0 Å². The van der Waals surface area contributed by atoms with Crippen molar-refractivity contribution in [2.24, 2.45) is 5.73 Å². The number of nitrogens with zero attached hydrogens (tertiary/aromatic N) is 2. The second-order valence-electron chi connectivity index (χ2n) is 3.60. The molecule has 0 fully saturated rings. The molecule has 0 saturated heterocycles. The van der Waals surface area contributed by atoms with Crippen LogP contribution in [0.15, 0.2) is 41.0 Å². The van der Waals surface area contributed by atoms with Crippen molar-refractivity contribution in [2.45, 2.75) is 5.92 Å². The third-order valence-corrected chi connectivity index (χ3v) is 3.01. The van der Waals surface area contributed by atoms with Crippen LogP contribution < -0.4 is 5.73 Å². The molecule has 1 heterocycles. The summed E-state index contributed by atoms with van der Waals surface area (Å²) in [5.74, 6) is -0.560. The van der Waals surface area contributed by atoms with Crippen molar-refractivity contribution in [1.29, 1.82) is 0 Å². The first kappa shape index (κ1) is 12.1. The summed E-state index contributed by atoms with van der Waals surface area (Å²) in [7, 11) is 0. The Hall–Kier alpha value is -1.33. The van der Waals surface area contributed by atoms with Gasteiger partial charge in [0.1, 0.15) is 5.82 Å². The molecule has 5 heteroatoms. The Morgan fingerprint density at radius 3 is 2.82 bits per heavy atom. The fraction of sp³-hybridized carbons (Fsp3) is 0.167. The highest BCUT2D eigenvalue weighted by molar-refractivity contribution is 9.10. The summed E-state index contributed by atoms with van der Waals surface area (Å²) in [5.41, 5.74) is 6.91. The van der Waals surface area contributed by atoms with Crippen molar-refractivity contribution in [3.8, 4) is 0 Å². The molecule has 2 N–H and O–H groups in total. The number of halogens is 2. The summed E-state index contributed by atoms with van der Waals surface area (Å²) < 4.78 is 14.6. The first-order valence-electron chi connectivity index (χ1n) is 5.15. The lowest BCUT2D eigenvalue weighted by Crippen LogP contribution is -2.16. The molecular formula is C12H11BrFN3. The molecule has 2 rings (SSSR count). The molecule has 17 heavy (non-hydrogen) atoms. The van der Waals surface area contributed by atoms with Crippen LogP contribution in [-0.2, 0) is 0 Å². The van der Waals surface area contributed by atoms with E-state index in [0.717, 1.165) is 4.47 Å². The van der Waals surface area contributed by atoms with Gasteiger partial charge in [-0.15, -0.1) is 0 Å². The molecule has 88 valence electrons. The molecular weight excluding hydrogens is 285 g/mol. The van der Waals surface area contributed by atoms with Gasteiger partial charge in [0, 0.05) is 23.1 Å². The van der Waals surface area contributed by atoms with Crippen molar-refractivity contribution in [2.75, 3.05) is 6.54 Å². The first-order valence-corrected chi connectivity index (χ1v) is 5.94. The van der Waals surface area contributed by atoms with E-state index >= 15 is 0 Å². The molecule has 3 nitrogen and oxygen atoms in total. The van der Waals surface area contributed by atoms with Crippen LogP contribution in [0.1, 0.15) is 17.2 Å². The van der Waals surface area contributed by atoms with Gasteiger partial charge in [0.25, 0.3) is 0 Å². The molecule has 1 unspecified atom stereocenters. The van der Waals surface area contributed by atoms with Crippen LogP contribution in [0.5, 0.6) is 0 Å². The number of hydrogen-bond donors (Lipinski definition) is 1. The second kappa shape index (κ2) is 5.33. The number of nitrogens with two attached hydrogens (primary N) is 1. The molecule has 0 aliphatic rings. The van der Waals surface area contributed by atoms with Crippen molar-refractivity contribution in [3.05, 3.63) is 58.1 Å². The van der Waals surface area contributed by atoms with Crippen LogP contribution in [-0.4, -0.2) is 16.7 Å². The number of aromatic nitrogens is 2. The summed E-state index contributed by atoms with van der Waals surface area (Å²) in [6, 6.07) is 8.36. The molecule has 1 aromatic heterocycles. The summed E-state index contributed by atoms with van der Waals surface area (Å²) in [6.07, 6.45) is 1.58. The highest BCUT2D eigenvalue weighted by atomic mass is 79.9. The number of benzene rings is 1. The molecule has 0 saturated carbocycles. The number of hydrogen-bond acceptors (Lipinski definition) is 3. The molecule has 1 atom stereocenters. The molecule has 0 aliphatic heterocycles. The average molecular weight is 296 g/mol. The molecule has 0 radical (unpaired) electrons. The monoisotopic (exact) mass is 295 g/mol. The van der Waals surface area contributed by atoms with Gasteiger partial charge in [-0.05, 0) is 35.9 Å². The Morgan fingerprint density at radius 2 is 2.18 bits per heavy atom. The Morgan fingerprint density at radius 1 is 1.35 bits per heavy atom. The lowest BCUT2D eigenvalue weighted by atomic mass is 9.95. The van der Waals surface area contributed by atoms with Gasteiger partial charge in [-0.2, -0.15) is 10.2 Å². The van der Waals surface area contributed by atoms with Gasteiger partial charge in [-0.3, -0.25) is 0 Å². The van der Waals surface area contributed by atoms with E-state index < -0.39 is 0 Å². The van der Waals surface area contributed by atoms with Crippen molar-refractivity contribution >= 4 is 15.9 Å². The molecule has 0 aliphatic carbocycles. The van der Waals surface area contributed by atoms with E-state index in [1.165, 1.54) is 6.07 Å². The SMILES string of the molecule is NCC(c1cccnn1)c1cc(Br)ccc1F. The first-order chi connectivity index (χ1) is 8.22. The normalized spacial score (nSPS) is 12.4. The van der Waals surface area contributed by atoms with Gasteiger partial charge in [0.05, 0.1) is 5.69 Å². The maximum Gasteiger partial charge on any atom is 0.127 e. The van der Waals surface area contributed by atoms with E-state index in [9.17, 15) is 4.39 Å². The zero-order chi connectivity index (χ0) is 12.3. The standard InChI is InChI=1S/C12H11BrFN3/c13-8-3-4-11(14)9(6-8)10(7-15)12-2-1-5-16-17-12/h1-6,10H,7,15H2. The van der Waals surface area contributed by atoms with Crippen LogP contribution in [0.4, 0.5) is 4.39 Å². The highest BCUT2D eigenvalue weighted by Crippen LogP contribution is 2.26. The molecule has 1 aromatic carbocycles. The summed E-state index contributed by atoms with van der Waals surface area (Å²) in [6.45, 7) is 0.284. The average Bonchev–Trinajstić information content (AvgIpc) is 2.36. The molecule has 2 aromatic rings. The van der Waals surface area contributed by atoms with Gasteiger partial charge >= 0.3 is 0 Å². The van der Waals surface area contributed by atoms with Crippen LogP contribution in [0.25, 0.3) is 0 Å². The van der Waals surface area contributed by atoms with E-state index in [-0.39, 0.29) is 18.3 Å². The third kappa shape index (κ3) is 2.68.